The second-order valence-electron chi connectivity index (χ2n) is 8.05. The zero-order chi connectivity index (χ0) is 17.3. The Balaban J connectivity index is 1.36. The molecule has 2 bridgehead atoms. The van der Waals surface area contributed by atoms with Crippen LogP contribution in [0.3, 0.4) is 0 Å². The number of hydrogen-bond donors (Lipinski definition) is 2. The van der Waals surface area contributed by atoms with Crippen LogP contribution in [0.2, 0.25) is 0 Å². The first-order valence-corrected chi connectivity index (χ1v) is 9.28. The van der Waals surface area contributed by atoms with Crippen LogP contribution >= 0.6 is 0 Å². The Labute approximate surface area is 147 Å². The van der Waals surface area contributed by atoms with Crippen LogP contribution in [0, 0.1) is 24.7 Å². The molecule has 25 heavy (non-hydrogen) atoms. The minimum atomic E-state index is -0.349. The normalized spacial score (nSPS) is 34.0. The summed E-state index contributed by atoms with van der Waals surface area (Å²) in [5.74, 6) is 2.27. The van der Waals surface area contributed by atoms with Crippen LogP contribution in [0.25, 0.3) is 11.0 Å². The molecule has 2 heterocycles. The zero-order valence-electron chi connectivity index (χ0n) is 14.6. The number of fused-ring (bicyclic) bond motifs is 2. The van der Waals surface area contributed by atoms with Crippen LogP contribution in [0.1, 0.15) is 37.1 Å². The molecular weight excluding hydrogens is 316 g/mol. The largest absolute Gasteiger partial charge is 0.459 e. The molecule has 2 aromatic rings. The van der Waals surface area contributed by atoms with Crippen molar-refractivity contribution in [1.82, 2.24) is 10.2 Å². The lowest BCUT2D eigenvalue weighted by Crippen LogP contribution is -2.48. The van der Waals surface area contributed by atoms with Gasteiger partial charge in [0.15, 0.2) is 0 Å². The van der Waals surface area contributed by atoms with Gasteiger partial charge in [-0.25, -0.2) is 4.79 Å². The van der Waals surface area contributed by atoms with Gasteiger partial charge in [-0.1, -0.05) is 18.2 Å². The molecule has 2 aliphatic carbocycles. The van der Waals surface area contributed by atoms with Crippen molar-refractivity contribution in [2.75, 3.05) is 6.54 Å². The SMILES string of the molecule is Cc1c([C@@H](C)NC(=O)N2C[C@@H]3C[C@H]4C[C@H]3[C@H]2[C@H]4O)oc2ccccc12. The Morgan fingerprint density at radius 1 is 1.32 bits per heavy atom. The molecule has 1 aromatic carbocycles. The van der Waals surface area contributed by atoms with Crippen LogP contribution in [-0.2, 0) is 0 Å². The first kappa shape index (κ1) is 15.3. The molecule has 2 amide bonds. The molecule has 2 saturated carbocycles. The molecule has 5 nitrogen and oxygen atoms in total. The van der Waals surface area contributed by atoms with Gasteiger partial charge in [-0.3, -0.25) is 0 Å². The lowest BCUT2D eigenvalue weighted by Gasteiger charge is -2.29. The maximum atomic E-state index is 12.9. The van der Waals surface area contributed by atoms with Gasteiger partial charge >= 0.3 is 6.03 Å². The molecule has 1 aliphatic heterocycles. The number of para-hydroxylation sites is 1. The number of amides is 2. The van der Waals surface area contributed by atoms with Crippen molar-refractivity contribution in [1.29, 1.82) is 0 Å². The predicted octanol–water partition coefficient (Wildman–Crippen LogP) is 3.21. The second-order valence-corrected chi connectivity index (χ2v) is 8.05. The molecule has 0 radical (unpaired) electrons. The number of benzene rings is 1. The number of urea groups is 1. The third-order valence-electron chi connectivity index (χ3n) is 6.72. The van der Waals surface area contributed by atoms with Crippen molar-refractivity contribution < 1.29 is 14.3 Å². The van der Waals surface area contributed by atoms with Crippen LogP contribution in [0.4, 0.5) is 4.79 Å². The lowest BCUT2D eigenvalue weighted by molar-refractivity contribution is 0.0604. The summed E-state index contributed by atoms with van der Waals surface area (Å²) < 4.78 is 5.98. The van der Waals surface area contributed by atoms with Gasteiger partial charge in [0.1, 0.15) is 11.3 Å². The van der Waals surface area contributed by atoms with Crippen molar-refractivity contribution in [3.05, 3.63) is 35.6 Å². The number of aliphatic hydroxyl groups is 1. The van der Waals surface area contributed by atoms with Crippen molar-refractivity contribution >= 4 is 17.0 Å². The topological polar surface area (TPSA) is 65.7 Å². The Bertz CT molecular complexity index is 843. The van der Waals surface area contributed by atoms with E-state index in [0.717, 1.165) is 41.7 Å². The number of carbonyl (C=O) groups is 1. The first-order valence-electron chi connectivity index (χ1n) is 9.28. The molecule has 6 atom stereocenters. The van der Waals surface area contributed by atoms with Crippen molar-refractivity contribution in [2.24, 2.45) is 17.8 Å². The highest BCUT2D eigenvalue weighted by Crippen LogP contribution is 2.54. The Morgan fingerprint density at radius 2 is 2.12 bits per heavy atom. The standard InChI is InChI=1S/C20H24N2O3/c1-10-14-5-3-4-6-16(14)25-19(10)11(2)21-20(24)22-9-13-7-12-8-15(13)17(22)18(12)23/h3-6,11-13,15,17-18,23H,7-9H2,1-2H3,(H,21,24)/t11-,12+,13+,15-,17+,18+/m1/s1. The summed E-state index contributed by atoms with van der Waals surface area (Å²) in [6.07, 6.45) is 1.81. The van der Waals surface area contributed by atoms with Gasteiger partial charge in [-0.15, -0.1) is 0 Å². The summed E-state index contributed by atoms with van der Waals surface area (Å²) in [6.45, 7) is 4.77. The minimum Gasteiger partial charge on any atom is -0.459 e. The number of rotatable bonds is 2. The molecule has 3 fully saturated rings. The van der Waals surface area contributed by atoms with E-state index in [1.54, 1.807) is 0 Å². The maximum absolute atomic E-state index is 12.9. The maximum Gasteiger partial charge on any atom is 0.318 e. The predicted molar refractivity (Wildman–Crippen MR) is 94.1 cm³/mol. The number of carbonyl (C=O) groups excluding carboxylic acids is 1. The Hall–Kier alpha value is -2.01. The lowest BCUT2D eigenvalue weighted by atomic mass is 9.88. The smallest absolute Gasteiger partial charge is 0.318 e. The molecule has 5 rings (SSSR count). The van der Waals surface area contributed by atoms with Crippen molar-refractivity contribution in [3.63, 3.8) is 0 Å². The third-order valence-corrected chi connectivity index (χ3v) is 6.72. The third kappa shape index (κ3) is 2.08. The van der Waals surface area contributed by atoms with Crippen LogP contribution in [-0.4, -0.2) is 34.7 Å². The van der Waals surface area contributed by atoms with E-state index in [9.17, 15) is 9.90 Å². The fraction of sp³-hybridized carbons (Fsp3) is 0.550. The molecule has 0 spiro atoms. The summed E-state index contributed by atoms with van der Waals surface area (Å²) >= 11 is 0. The minimum absolute atomic E-state index is 0.00715. The zero-order valence-corrected chi connectivity index (χ0v) is 14.6. The number of likely N-dealkylation sites (tertiary alicyclic amines) is 1. The van der Waals surface area contributed by atoms with E-state index in [4.69, 9.17) is 4.42 Å². The fourth-order valence-electron chi connectivity index (χ4n) is 5.59. The molecule has 132 valence electrons. The summed E-state index contributed by atoms with van der Waals surface area (Å²) in [6, 6.07) is 7.67. The Kier molecular flexibility index (Phi) is 3.20. The average molecular weight is 340 g/mol. The summed E-state index contributed by atoms with van der Waals surface area (Å²) in [5.41, 5.74) is 1.93. The fourth-order valence-corrected chi connectivity index (χ4v) is 5.59. The van der Waals surface area contributed by atoms with E-state index in [2.05, 4.69) is 5.32 Å². The van der Waals surface area contributed by atoms with Crippen molar-refractivity contribution in [2.45, 2.75) is 44.9 Å². The van der Waals surface area contributed by atoms with E-state index in [-0.39, 0.29) is 24.2 Å². The molecular formula is C20H24N2O3. The second kappa shape index (κ2) is 5.24. The molecule has 0 unspecified atom stereocenters. The molecule has 5 heteroatoms. The molecule has 3 aliphatic rings. The van der Waals surface area contributed by atoms with E-state index >= 15 is 0 Å². The quantitative estimate of drug-likeness (QED) is 0.882. The molecule has 2 N–H and O–H groups in total. The van der Waals surface area contributed by atoms with Gasteiger partial charge in [-0.2, -0.15) is 0 Å². The number of nitrogens with one attached hydrogen (secondary N) is 1. The summed E-state index contributed by atoms with van der Waals surface area (Å²) in [4.78, 5) is 14.7. The van der Waals surface area contributed by atoms with Gasteiger partial charge in [0, 0.05) is 17.5 Å². The monoisotopic (exact) mass is 340 g/mol. The van der Waals surface area contributed by atoms with E-state index < -0.39 is 0 Å². The van der Waals surface area contributed by atoms with Gasteiger partial charge in [-0.05, 0) is 50.5 Å². The van der Waals surface area contributed by atoms with Gasteiger partial charge in [0.25, 0.3) is 0 Å². The van der Waals surface area contributed by atoms with Crippen LogP contribution in [0.15, 0.2) is 28.7 Å². The summed E-state index contributed by atoms with van der Waals surface area (Å²) in [7, 11) is 0. The average Bonchev–Trinajstić information content (AvgIpc) is 3.29. The van der Waals surface area contributed by atoms with Gasteiger partial charge in [0.2, 0.25) is 0 Å². The number of nitrogens with zero attached hydrogens (tertiary/aromatic N) is 1. The van der Waals surface area contributed by atoms with E-state index in [1.165, 1.54) is 0 Å². The molecule has 1 aromatic heterocycles. The molecule has 1 saturated heterocycles. The first-order chi connectivity index (χ1) is 12.0. The number of aryl methyl sites for hydroxylation is 1. The number of aliphatic hydroxyl groups excluding tert-OH is 1. The van der Waals surface area contributed by atoms with E-state index in [0.29, 0.717) is 17.8 Å². The highest BCUT2D eigenvalue weighted by molar-refractivity contribution is 5.82. The van der Waals surface area contributed by atoms with E-state index in [1.807, 2.05) is 43.0 Å². The summed E-state index contributed by atoms with van der Waals surface area (Å²) in [5, 5.41) is 14.7. The van der Waals surface area contributed by atoms with Crippen LogP contribution < -0.4 is 5.32 Å². The van der Waals surface area contributed by atoms with Gasteiger partial charge < -0.3 is 19.7 Å². The Morgan fingerprint density at radius 3 is 2.88 bits per heavy atom. The number of furan rings is 1. The highest BCUT2D eigenvalue weighted by Gasteiger charge is 2.60. The number of hydrogen-bond acceptors (Lipinski definition) is 3. The van der Waals surface area contributed by atoms with Crippen molar-refractivity contribution in [3.8, 4) is 0 Å². The van der Waals surface area contributed by atoms with Crippen LogP contribution in [0.5, 0.6) is 0 Å². The highest BCUT2D eigenvalue weighted by atomic mass is 16.3. The van der Waals surface area contributed by atoms with Gasteiger partial charge in [0.05, 0.1) is 18.2 Å².